The van der Waals surface area contributed by atoms with E-state index in [1.165, 1.54) is 24.3 Å². The Balaban J connectivity index is 1.89. The summed E-state index contributed by atoms with van der Waals surface area (Å²) in [5.41, 5.74) is 1.42. The van der Waals surface area contributed by atoms with Crippen molar-refractivity contribution in [2.75, 3.05) is 7.11 Å². The van der Waals surface area contributed by atoms with Gasteiger partial charge in [0.1, 0.15) is 17.6 Å². The van der Waals surface area contributed by atoms with Gasteiger partial charge in [-0.3, -0.25) is 9.59 Å². The predicted molar refractivity (Wildman–Crippen MR) is 105 cm³/mol. The van der Waals surface area contributed by atoms with E-state index in [0.29, 0.717) is 5.56 Å². The molecule has 3 aromatic rings. The van der Waals surface area contributed by atoms with Crippen LogP contribution in [0.3, 0.4) is 0 Å². The van der Waals surface area contributed by atoms with Gasteiger partial charge in [0, 0.05) is 18.9 Å². The number of hydrogen-bond donors (Lipinski definition) is 1. The van der Waals surface area contributed by atoms with Crippen molar-refractivity contribution in [3.05, 3.63) is 77.6 Å². The van der Waals surface area contributed by atoms with Gasteiger partial charge in [-0.15, -0.1) is 0 Å². The molecular formula is C22H19FN2O5. The van der Waals surface area contributed by atoms with E-state index < -0.39 is 29.5 Å². The highest BCUT2D eigenvalue weighted by atomic mass is 19.1. The second-order valence-electron chi connectivity index (χ2n) is 6.49. The number of aryl methyl sites for hydroxylation is 1. The van der Waals surface area contributed by atoms with E-state index >= 15 is 0 Å². The number of rotatable bonds is 7. The standard InChI is InChI=1S/C22H19FN2O5/c1-13-24-18(15-8-10-16(23)11-9-15)20(30-13)21(27)25-17(19(26)22(28)29-2)12-14-6-4-3-5-7-14/h3-11,17H,12H2,1-2H3,(H,25,27). The number of ether oxygens (including phenoxy) is 1. The third kappa shape index (κ3) is 4.78. The Labute approximate surface area is 171 Å². The summed E-state index contributed by atoms with van der Waals surface area (Å²) in [5, 5.41) is 2.53. The van der Waals surface area contributed by atoms with Crippen molar-refractivity contribution in [3.63, 3.8) is 0 Å². The molecule has 1 amide bonds. The molecule has 7 nitrogen and oxygen atoms in total. The van der Waals surface area contributed by atoms with Crippen molar-refractivity contribution in [1.29, 1.82) is 0 Å². The Morgan fingerprint density at radius 2 is 1.77 bits per heavy atom. The SMILES string of the molecule is COC(=O)C(=O)C(Cc1ccccc1)NC(=O)c1oc(C)nc1-c1ccc(F)cc1. The van der Waals surface area contributed by atoms with Crippen molar-refractivity contribution in [1.82, 2.24) is 10.3 Å². The molecule has 0 spiro atoms. The van der Waals surface area contributed by atoms with Crippen LogP contribution in [0.25, 0.3) is 11.3 Å². The molecule has 1 unspecified atom stereocenters. The first-order chi connectivity index (χ1) is 14.4. The van der Waals surface area contributed by atoms with Gasteiger partial charge >= 0.3 is 5.97 Å². The summed E-state index contributed by atoms with van der Waals surface area (Å²) in [4.78, 5) is 41.4. The number of halogens is 1. The van der Waals surface area contributed by atoms with Crippen LogP contribution >= 0.6 is 0 Å². The fourth-order valence-electron chi connectivity index (χ4n) is 2.91. The fourth-order valence-corrected chi connectivity index (χ4v) is 2.91. The van der Waals surface area contributed by atoms with Gasteiger partial charge in [0.25, 0.3) is 11.7 Å². The number of oxazole rings is 1. The van der Waals surface area contributed by atoms with Gasteiger partial charge in [-0.05, 0) is 29.8 Å². The summed E-state index contributed by atoms with van der Waals surface area (Å²) in [5.74, 6) is -3.05. The minimum absolute atomic E-state index is 0.0829. The lowest BCUT2D eigenvalue weighted by atomic mass is 10.0. The van der Waals surface area contributed by atoms with Gasteiger partial charge in [-0.25, -0.2) is 14.2 Å². The Bertz CT molecular complexity index is 1060. The molecule has 0 aliphatic rings. The van der Waals surface area contributed by atoms with Gasteiger partial charge in [-0.1, -0.05) is 30.3 Å². The molecule has 0 aliphatic heterocycles. The molecule has 2 aromatic carbocycles. The molecule has 1 atom stereocenters. The number of esters is 1. The first-order valence-electron chi connectivity index (χ1n) is 9.09. The Kier molecular flexibility index (Phi) is 6.36. The van der Waals surface area contributed by atoms with Crippen LogP contribution in [0, 0.1) is 12.7 Å². The zero-order valence-electron chi connectivity index (χ0n) is 16.3. The van der Waals surface area contributed by atoms with Crippen molar-refractivity contribution in [2.45, 2.75) is 19.4 Å². The maximum Gasteiger partial charge on any atom is 0.376 e. The van der Waals surface area contributed by atoms with Gasteiger partial charge in [0.2, 0.25) is 5.76 Å². The second kappa shape index (κ2) is 9.13. The number of aromatic nitrogens is 1. The van der Waals surface area contributed by atoms with Crippen LogP contribution in [0.15, 0.2) is 59.0 Å². The van der Waals surface area contributed by atoms with Gasteiger partial charge in [0.05, 0.1) is 7.11 Å². The zero-order valence-corrected chi connectivity index (χ0v) is 16.3. The van der Waals surface area contributed by atoms with Crippen LogP contribution in [-0.4, -0.2) is 35.8 Å². The van der Waals surface area contributed by atoms with E-state index in [1.807, 2.05) is 6.07 Å². The molecular weight excluding hydrogens is 391 g/mol. The quantitative estimate of drug-likeness (QED) is 0.475. The van der Waals surface area contributed by atoms with Crippen LogP contribution < -0.4 is 5.32 Å². The molecule has 154 valence electrons. The minimum atomic E-state index is -1.17. The first kappa shape index (κ1) is 20.9. The van der Waals surface area contributed by atoms with Gasteiger partial charge < -0.3 is 14.5 Å². The lowest BCUT2D eigenvalue weighted by Crippen LogP contribution is -2.45. The van der Waals surface area contributed by atoms with Crippen molar-refractivity contribution < 1.29 is 27.9 Å². The monoisotopic (exact) mass is 410 g/mol. The number of nitrogens with zero attached hydrogens (tertiary/aromatic N) is 1. The van der Waals surface area contributed by atoms with Crippen LogP contribution in [-0.2, 0) is 20.7 Å². The second-order valence-corrected chi connectivity index (χ2v) is 6.49. The highest BCUT2D eigenvalue weighted by Gasteiger charge is 2.30. The molecule has 1 aromatic heterocycles. The molecule has 0 radical (unpaired) electrons. The molecule has 0 fully saturated rings. The summed E-state index contributed by atoms with van der Waals surface area (Å²) in [6, 6.07) is 13.1. The van der Waals surface area contributed by atoms with Crippen LogP contribution in [0.4, 0.5) is 4.39 Å². The van der Waals surface area contributed by atoms with Crippen molar-refractivity contribution in [2.24, 2.45) is 0 Å². The molecule has 0 bridgehead atoms. The number of hydrogen-bond acceptors (Lipinski definition) is 6. The number of Topliss-reactive ketones (excluding diaryl/α,β-unsaturated/α-hetero) is 1. The summed E-state index contributed by atoms with van der Waals surface area (Å²) in [6.45, 7) is 1.56. The van der Waals surface area contributed by atoms with E-state index in [-0.39, 0.29) is 23.8 Å². The normalized spacial score (nSPS) is 11.6. The van der Waals surface area contributed by atoms with Crippen molar-refractivity contribution >= 4 is 17.7 Å². The van der Waals surface area contributed by atoms with E-state index in [1.54, 1.807) is 31.2 Å². The average Bonchev–Trinajstić information content (AvgIpc) is 3.15. The first-order valence-corrected chi connectivity index (χ1v) is 9.09. The van der Waals surface area contributed by atoms with Crippen LogP contribution in [0.2, 0.25) is 0 Å². The topological polar surface area (TPSA) is 98.5 Å². The Morgan fingerprint density at radius 3 is 2.40 bits per heavy atom. The summed E-state index contributed by atoms with van der Waals surface area (Å²) >= 11 is 0. The molecule has 1 heterocycles. The highest BCUT2D eigenvalue weighted by molar-refractivity contribution is 6.36. The van der Waals surface area contributed by atoms with E-state index in [9.17, 15) is 18.8 Å². The molecule has 3 rings (SSSR count). The lowest BCUT2D eigenvalue weighted by molar-refractivity contribution is -0.152. The maximum atomic E-state index is 13.2. The smallest absolute Gasteiger partial charge is 0.376 e. The third-order valence-electron chi connectivity index (χ3n) is 4.35. The number of nitrogens with one attached hydrogen (secondary N) is 1. The zero-order chi connectivity index (χ0) is 21.7. The number of amides is 1. The van der Waals surface area contributed by atoms with Crippen LogP contribution in [0.1, 0.15) is 22.0 Å². The van der Waals surface area contributed by atoms with E-state index in [0.717, 1.165) is 12.7 Å². The molecule has 0 aliphatic carbocycles. The fraction of sp³-hybridized carbons (Fsp3) is 0.182. The summed E-state index contributed by atoms with van der Waals surface area (Å²) in [7, 11) is 1.09. The summed E-state index contributed by atoms with van der Waals surface area (Å²) < 4.78 is 23.2. The van der Waals surface area contributed by atoms with Crippen molar-refractivity contribution in [3.8, 4) is 11.3 Å². The number of methoxy groups -OCH3 is 1. The van der Waals surface area contributed by atoms with E-state index in [4.69, 9.17) is 4.42 Å². The van der Waals surface area contributed by atoms with Gasteiger partial charge in [0.15, 0.2) is 5.89 Å². The number of benzene rings is 2. The van der Waals surface area contributed by atoms with Crippen LogP contribution in [0.5, 0.6) is 0 Å². The number of carbonyl (C=O) groups is 3. The number of ketones is 1. The van der Waals surface area contributed by atoms with Gasteiger partial charge in [-0.2, -0.15) is 0 Å². The largest absolute Gasteiger partial charge is 0.463 e. The molecule has 1 N–H and O–H groups in total. The molecule has 8 heteroatoms. The summed E-state index contributed by atoms with van der Waals surface area (Å²) in [6.07, 6.45) is 0.0829. The van der Waals surface area contributed by atoms with E-state index in [2.05, 4.69) is 15.0 Å². The highest BCUT2D eigenvalue weighted by Crippen LogP contribution is 2.24. The molecule has 0 saturated heterocycles. The average molecular weight is 410 g/mol. The predicted octanol–water partition coefficient (Wildman–Crippen LogP) is 2.87. The molecule has 30 heavy (non-hydrogen) atoms. The Morgan fingerprint density at radius 1 is 1.10 bits per heavy atom. The minimum Gasteiger partial charge on any atom is -0.463 e. The Hall–Kier alpha value is -3.81. The lowest BCUT2D eigenvalue weighted by Gasteiger charge is -2.16. The molecule has 0 saturated carbocycles. The number of carbonyl (C=O) groups excluding carboxylic acids is 3. The third-order valence-corrected chi connectivity index (χ3v) is 4.35. The maximum absolute atomic E-state index is 13.2.